The average Bonchev–Trinajstić information content (AvgIpc) is 3.13. The van der Waals surface area contributed by atoms with Crippen molar-refractivity contribution in [2.75, 3.05) is 27.9 Å². The zero-order valence-corrected chi connectivity index (χ0v) is 24.7. The molecular formula is C29H40F2NO5Si. The van der Waals surface area contributed by atoms with Gasteiger partial charge in [0.15, 0.2) is 11.5 Å². The molecule has 0 saturated carbocycles. The summed E-state index contributed by atoms with van der Waals surface area (Å²) in [6, 6.07) is 7.24. The molecule has 0 spiro atoms. The van der Waals surface area contributed by atoms with Gasteiger partial charge in [-0.3, -0.25) is 4.79 Å². The average molecular weight is 549 g/mol. The molecule has 2 aromatic carbocycles. The summed E-state index contributed by atoms with van der Waals surface area (Å²) < 4.78 is 51.3. The predicted molar refractivity (Wildman–Crippen MR) is 145 cm³/mol. The first kappa shape index (κ1) is 29.9. The molecule has 0 N–H and O–H groups in total. The third-order valence-corrected chi connectivity index (χ3v) is 7.92. The number of hydrogen-bond acceptors (Lipinski definition) is 5. The van der Waals surface area contributed by atoms with E-state index < -0.39 is 26.1 Å². The summed E-state index contributed by atoms with van der Waals surface area (Å²) in [6.07, 6.45) is 0.974. The zero-order valence-electron chi connectivity index (χ0n) is 23.7. The van der Waals surface area contributed by atoms with Gasteiger partial charge >= 0.3 is 0 Å². The molecule has 9 heteroatoms. The first-order valence-electron chi connectivity index (χ1n) is 12.8. The van der Waals surface area contributed by atoms with E-state index in [2.05, 4.69) is 33.9 Å². The van der Waals surface area contributed by atoms with Gasteiger partial charge in [0.05, 0.1) is 32.8 Å². The van der Waals surface area contributed by atoms with E-state index in [0.717, 1.165) is 11.6 Å². The Labute approximate surface area is 226 Å². The molecular weight excluding hydrogens is 508 g/mol. The van der Waals surface area contributed by atoms with Crippen LogP contribution in [-0.2, 0) is 22.2 Å². The molecule has 1 aliphatic rings. The van der Waals surface area contributed by atoms with Crippen LogP contribution < -0.4 is 14.2 Å². The maximum Gasteiger partial charge on any atom is 0.229 e. The number of rotatable bonds is 11. The molecule has 1 saturated heterocycles. The van der Waals surface area contributed by atoms with E-state index in [4.69, 9.17) is 18.6 Å². The fourth-order valence-corrected chi connectivity index (χ4v) is 6.12. The standard InChI is InChI=1S/C29H40F2NO5Si/c1-28(2,3)25(37-38(7)8)17-29(16-20-9-10-21(30)15-22(20)31)11-12-32(27(29)33)18-19-13-23(34-4)26(36-6)24(14-19)35-5/h9-10,13-15,25H,11-12,16-18H2,1-8H3. The summed E-state index contributed by atoms with van der Waals surface area (Å²) in [5, 5.41) is 0. The molecule has 2 atom stereocenters. The smallest absolute Gasteiger partial charge is 0.229 e. The van der Waals surface area contributed by atoms with E-state index in [0.29, 0.717) is 48.7 Å². The van der Waals surface area contributed by atoms with Crippen LogP contribution >= 0.6 is 0 Å². The third-order valence-electron chi connectivity index (χ3n) is 7.16. The summed E-state index contributed by atoms with van der Waals surface area (Å²) >= 11 is 0. The number of halogens is 2. The van der Waals surface area contributed by atoms with Crippen molar-refractivity contribution in [1.82, 2.24) is 4.90 Å². The zero-order chi connectivity index (χ0) is 28.3. The summed E-state index contributed by atoms with van der Waals surface area (Å²) in [5.41, 5.74) is 0.0587. The third kappa shape index (κ3) is 6.67. The van der Waals surface area contributed by atoms with Crippen LogP contribution in [0.4, 0.5) is 8.78 Å². The monoisotopic (exact) mass is 548 g/mol. The molecule has 2 aromatic rings. The minimum atomic E-state index is -1.06. The first-order chi connectivity index (χ1) is 17.8. The topological polar surface area (TPSA) is 57.2 Å². The Balaban J connectivity index is 1.99. The van der Waals surface area contributed by atoms with E-state index in [9.17, 15) is 13.6 Å². The van der Waals surface area contributed by atoms with Gasteiger partial charge in [-0.2, -0.15) is 0 Å². The van der Waals surface area contributed by atoms with Crippen molar-refractivity contribution in [2.24, 2.45) is 10.8 Å². The molecule has 209 valence electrons. The highest BCUT2D eigenvalue weighted by atomic mass is 28.3. The van der Waals surface area contributed by atoms with Gasteiger partial charge in [0.25, 0.3) is 0 Å². The van der Waals surface area contributed by atoms with E-state index in [1.807, 2.05) is 12.1 Å². The number of ether oxygens (including phenoxy) is 3. The van der Waals surface area contributed by atoms with Crippen molar-refractivity contribution in [1.29, 1.82) is 0 Å². The molecule has 1 aliphatic heterocycles. The number of hydrogen-bond donors (Lipinski definition) is 0. The lowest BCUT2D eigenvalue weighted by molar-refractivity contribution is -0.138. The number of likely N-dealkylation sites (tertiary alicyclic amines) is 1. The van der Waals surface area contributed by atoms with E-state index >= 15 is 0 Å². The van der Waals surface area contributed by atoms with E-state index in [1.54, 1.807) is 26.2 Å². The first-order valence-corrected chi connectivity index (χ1v) is 15.2. The summed E-state index contributed by atoms with van der Waals surface area (Å²) in [7, 11) is 3.58. The minimum absolute atomic E-state index is 0.0613. The van der Waals surface area contributed by atoms with Gasteiger partial charge in [0, 0.05) is 19.2 Å². The molecule has 2 unspecified atom stereocenters. The Morgan fingerprint density at radius 2 is 1.66 bits per heavy atom. The van der Waals surface area contributed by atoms with Crippen LogP contribution in [0.15, 0.2) is 30.3 Å². The molecule has 6 nitrogen and oxygen atoms in total. The highest BCUT2D eigenvalue weighted by Crippen LogP contribution is 2.45. The molecule has 1 amide bonds. The van der Waals surface area contributed by atoms with Crippen molar-refractivity contribution in [3.63, 3.8) is 0 Å². The van der Waals surface area contributed by atoms with Crippen molar-refractivity contribution >= 4 is 14.9 Å². The lowest BCUT2D eigenvalue weighted by atomic mass is 9.71. The summed E-state index contributed by atoms with van der Waals surface area (Å²) in [5.74, 6) is 0.166. The predicted octanol–water partition coefficient (Wildman–Crippen LogP) is 6.02. The Bertz CT molecular complexity index is 1110. The second-order valence-corrected chi connectivity index (χ2v) is 13.3. The quantitative estimate of drug-likeness (QED) is 0.321. The molecule has 0 aromatic heterocycles. The highest BCUT2D eigenvalue weighted by molar-refractivity contribution is 6.48. The molecule has 38 heavy (non-hydrogen) atoms. The second-order valence-electron chi connectivity index (χ2n) is 11.3. The Morgan fingerprint density at radius 1 is 1.03 bits per heavy atom. The van der Waals surface area contributed by atoms with Gasteiger partial charge in [0.2, 0.25) is 20.7 Å². The van der Waals surface area contributed by atoms with Gasteiger partial charge in [-0.25, -0.2) is 8.78 Å². The van der Waals surface area contributed by atoms with E-state index in [1.165, 1.54) is 12.1 Å². The molecule has 1 radical (unpaired) electrons. The number of carbonyl (C=O) groups is 1. The van der Waals surface area contributed by atoms with Crippen LogP contribution in [0.1, 0.15) is 44.7 Å². The minimum Gasteiger partial charge on any atom is -0.493 e. The SMILES string of the molecule is COc1cc(CN2CCC(Cc3ccc(F)cc3F)(CC(O[Si](C)C)C(C)(C)C)C2=O)cc(OC)c1OC. The number of carbonyl (C=O) groups excluding carboxylic acids is 1. The molecule has 0 bridgehead atoms. The number of benzene rings is 2. The number of amides is 1. The molecule has 3 rings (SSSR count). The second kappa shape index (κ2) is 12.0. The Morgan fingerprint density at radius 3 is 2.16 bits per heavy atom. The highest BCUT2D eigenvalue weighted by Gasteiger charge is 2.50. The maximum absolute atomic E-state index is 14.8. The van der Waals surface area contributed by atoms with Gasteiger partial charge in [-0.05, 0) is 67.1 Å². The molecule has 0 aliphatic carbocycles. The van der Waals surface area contributed by atoms with Gasteiger partial charge in [-0.15, -0.1) is 0 Å². The van der Waals surface area contributed by atoms with Crippen molar-refractivity contribution in [3.8, 4) is 17.2 Å². The fourth-order valence-electron chi connectivity index (χ4n) is 5.11. The van der Waals surface area contributed by atoms with E-state index in [-0.39, 0.29) is 23.8 Å². The van der Waals surface area contributed by atoms with Crippen LogP contribution in [0.5, 0.6) is 17.2 Å². The summed E-state index contributed by atoms with van der Waals surface area (Å²) in [4.78, 5) is 16.0. The molecule has 1 fully saturated rings. The van der Waals surface area contributed by atoms with Crippen LogP contribution in [0.2, 0.25) is 13.1 Å². The Hall–Kier alpha value is -2.65. The largest absolute Gasteiger partial charge is 0.493 e. The molecule has 1 heterocycles. The van der Waals surface area contributed by atoms with Gasteiger partial charge in [0.1, 0.15) is 11.6 Å². The van der Waals surface area contributed by atoms with Crippen LogP contribution in [-0.4, -0.2) is 53.8 Å². The summed E-state index contributed by atoms with van der Waals surface area (Å²) in [6.45, 7) is 11.3. The van der Waals surface area contributed by atoms with Crippen LogP contribution in [0.25, 0.3) is 0 Å². The number of nitrogens with zero attached hydrogens (tertiary/aromatic N) is 1. The van der Waals surface area contributed by atoms with Gasteiger partial charge < -0.3 is 23.5 Å². The van der Waals surface area contributed by atoms with Crippen LogP contribution in [0, 0.1) is 22.5 Å². The number of methoxy groups -OCH3 is 3. The van der Waals surface area contributed by atoms with Crippen molar-refractivity contribution in [2.45, 2.75) is 65.8 Å². The van der Waals surface area contributed by atoms with Crippen molar-refractivity contribution < 1.29 is 32.2 Å². The lowest BCUT2D eigenvalue weighted by Crippen LogP contribution is -2.43. The normalized spacial score (nSPS) is 18.7. The van der Waals surface area contributed by atoms with Gasteiger partial charge in [-0.1, -0.05) is 26.8 Å². The maximum atomic E-state index is 14.8. The Kier molecular flexibility index (Phi) is 9.46. The lowest BCUT2D eigenvalue weighted by Gasteiger charge is -2.39. The fraction of sp³-hybridized carbons (Fsp3) is 0.552. The van der Waals surface area contributed by atoms with Crippen LogP contribution in [0.3, 0.4) is 0 Å². The van der Waals surface area contributed by atoms with Crippen molar-refractivity contribution in [3.05, 3.63) is 53.1 Å².